The highest BCUT2D eigenvalue weighted by Crippen LogP contribution is 2.39. The van der Waals surface area contributed by atoms with Crippen molar-refractivity contribution in [3.8, 4) is 11.5 Å². The van der Waals surface area contributed by atoms with E-state index in [1.54, 1.807) is 12.1 Å². The Morgan fingerprint density at radius 1 is 1.10 bits per heavy atom. The lowest BCUT2D eigenvalue weighted by molar-refractivity contribution is -0.138. The predicted molar refractivity (Wildman–Crippen MR) is 68.3 cm³/mol. The first-order valence-electron chi connectivity index (χ1n) is 5.74. The van der Waals surface area contributed by atoms with Crippen molar-refractivity contribution in [3.63, 3.8) is 0 Å². The third-order valence-corrected chi connectivity index (χ3v) is 2.62. The minimum absolute atomic E-state index is 0.00813. The van der Waals surface area contributed by atoms with Crippen molar-refractivity contribution in [3.05, 3.63) is 53.6 Å². The van der Waals surface area contributed by atoms with Gasteiger partial charge in [-0.05, 0) is 35.9 Å². The van der Waals surface area contributed by atoms with Crippen molar-refractivity contribution in [2.24, 2.45) is 0 Å². The van der Waals surface area contributed by atoms with Crippen LogP contribution in [-0.4, -0.2) is 5.11 Å². The van der Waals surface area contributed by atoms with Crippen LogP contribution in [0.3, 0.4) is 0 Å². The van der Waals surface area contributed by atoms with Crippen molar-refractivity contribution in [2.75, 3.05) is 5.73 Å². The summed E-state index contributed by atoms with van der Waals surface area (Å²) in [7, 11) is 0. The Bertz CT molecular complexity index is 612. The number of halogens is 3. The van der Waals surface area contributed by atoms with Crippen molar-refractivity contribution < 1.29 is 23.0 Å². The quantitative estimate of drug-likeness (QED) is 0.847. The highest BCUT2D eigenvalue weighted by molar-refractivity contribution is 5.50. The molecule has 20 heavy (non-hydrogen) atoms. The van der Waals surface area contributed by atoms with Crippen molar-refractivity contribution in [2.45, 2.75) is 12.8 Å². The van der Waals surface area contributed by atoms with Crippen LogP contribution >= 0.6 is 0 Å². The first-order chi connectivity index (χ1) is 9.40. The van der Waals surface area contributed by atoms with Gasteiger partial charge in [0.15, 0.2) is 0 Å². The molecule has 3 N–H and O–H groups in total. The van der Waals surface area contributed by atoms with Gasteiger partial charge in [0.1, 0.15) is 17.1 Å². The second-order valence-corrected chi connectivity index (χ2v) is 4.16. The maximum Gasteiger partial charge on any atom is 0.420 e. The molecular weight excluding hydrogens is 271 g/mol. The van der Waals surface area contributed by atoms with Crippen LogP contribution in [0.5, 0.6) is 11.5 Å². The first kappa shape index (κ1) is 14.2. The van der Waals surface area contributed by atoms with Crippen molar-refractivity contribution in [1.29, 1.82) is 0 Å². The standard InChI is InChI=1S/C14H12F3NO2/c15-14(16,17)12-7-10(18)4-5-13(12)20-11-3-1-2-9(6-11)8-19/h1-7,19H,8,18H2. The van der Waals surface area contributed by atoms with Crippen molar-refractivity contribution in [1.82, 2.24) is 0 Å². The number of benzene rings is 2. The number of anilines is 1. The Labute approximate surface area is 113 Å². The zero-order valence-electron chi connectivity index (χ0n) is 10.3. The summed E-state index contributed by atoms with van der Waals surface area (Å²) in [6, 6.07) is 9.54. The molecule has 0 spiro atoms. The minimum Gasteiger partial charge on any atom is -0.457 e. The summed E-state index contributed by atoms with van der Waals surface area (Å²) >= 11 is 0. The molecule has 0 amide bonds. The van der Waals surface area contributed by atoms with Gasteiger partial charge < -0.3 is 15.6 Å². The average Bonchev–Trinajstić information content (AvgIpc) is 2.40. The van der Waals surface area contributed by atoms with Crippen LogP contribution in [0.1, 0.15) is 11.1 Å². The van der Waals surface area contributed by atoms with E-state index in [1.807, 2.05) is 0 Å². The minimum atomic E-state index is -4.56. The lowest BCUT2D eigenvalue weighted by atomic mass is 10.1. The molecule has 0 radical (unpaired) electrons. The van der Waals surface area contributed by atoms with E-state index in [2.05, 4.69) is 0 Å². The zero-order valence-corrected chi connectivity index (χ0v) is 10.3. The van der Waals surface area contributed by atoms with Gasteiger partial charge in [-0.15, -0.1) is 0 Å². The largest absolute Gasteiger partial charge is 0.457 e. The maximum atomic E-state index is 12.9. The summed E-state index contributed by atoms with van der Waals surface area (Å²) in [6.45, 7) is -0.217. The summed E-state index contributed by atoms with van der Waals surface area (Å²) in [5.74, 6) is -0.117. The van der Waals surface area contributed by atoms with E-state index in [4.69, 9.17) is 15.6 Å². The van der Waals surface area contributed by atoms with Gasteiger partial charge in [-0.3, -0.25) is 0 Å². The Morgan fingerprint density at radius 3 is 2.50 bits per heavy atom. The van der Waals surface area contributed by atoms with Crippen LogP contribution in [-0.2, 0) is 12.8 Å². The van der Waals surface area contributed by atoms with Gasteiger partial charge in [-0.25, -0.2) is 0 Å². The van der Waals surface area contributed by atoms with E-state index in [0.717, 1.165) is 6.07 Å². The lowest BCUT2D eigenvalue weighted by Gasteiger charge is -2.14. The van der Waals surface area contributed by atoms with Gasteiger partial charge in [-0.1, -0.05) is 12.1 Å². The van der Waals surface area contributed by atoms with Crippen LogP contribution in [0.4, 0.5) is 18.9 Å². The number of alkyl halides is 3. The Kier molecular flexibility index (Phi) is 3.85. The molecule has 0 fully saturated rings. The van der Waals surface area contributed by atoms with Gasteiger partial charge in [0.2, 0.25) is 0 Å². The molecule has 106 valence electrons. The second-order valence-electron chi connectivity index (χ2n) is 4.16. The molecule has 0 aliphatic heterocycles. The molecule has 0 saturated carbocycles. The van der Waals surface area contributed by atoms with Crippen molar-refractivity contribution >= 4 is 5.69 Å². The predicted octanol–water partition coefficient (Wildman–Crippen LogP) is 3.57. The molecule has 0 heterocycles. The molecule has 2 aromatic rings. The molecule has 6 heteroatoms. The van der Waals surface area contributed by atoms with Gasteiger partial charge >= 0.3 is 6.18 Å². The van der Waals surface area contributed by atoms with E-state index in [1.165, 1.54) is 24.3 Å². The number of rotatable bonds is 3. The van der Waals surface area contributed by atoms with E-state index in [0.29, 0.717) is 5.56 Å². The van der Waals surface area contributed by atoms with E-state index in [9.17, 15) is 13.2 Å². The number of hydrogen-bond donors (Lipinski definition) is 2. The molecule has 0 aliphatic carbocycles. The summed E-state index contributed by atoms with van der Waals surface area (Å²) in [4.78, 5) is 0. The monoisotopic (exact) mass is 283 g/mol. The number of aliphatic hydroxyl groups is 1. The number of aliphatic hydroxyl groups excluding tert-OH is 1. The van der Waals surface area contributed by atoms with Crippen LogP contribution in [0, 0.1) is 0 Å². The number of nitrogen functional groups attached to an aromatic ring is 1. The molecule has 0 unspecified atom stereocenters. The molecule has 2 aromatic carbocycles. The van der Waals surface area contributed by atoms with Gasteiger partial charge in [-0.2, -0.15) is 13.2 Å². The van der Waals surface area contributed by atoms with Crippen LogP contribution < -0.4 is 10.5 Å². The van der Waals surface area contributed by atoms with Crippen LogP contribution in [0.15, 0.2) is 42.5 Å². The summed E-state index contributed by atoms with van der Waals surface area (Å²) < 4.78 is 43.9. The van der Waals surface area contributed by atoms with Gasteiger partial charge in [0.05, 0.1) is 6.61 Å². The SMILES string of the molecule is Nc1ccc(Oc2cccc(CO)c2)c(C(F)(F)F)c1. The topological polar surface area (TPSA) is 55.5 Å². The number of hydrogen-bond acceptors (Lipinski definition) is 3. The Balaban J connectivity index is 2.38. The fourth-order valence-electron chi connectivity index (χ4n) is 1.69. The number of nitrogens with two attached hydrogens (primary N) is 1. The molecule has 0 saturated heterocycles. The Morgan fingerprint density at radius 2 is 1.85 bits per heavy atom. The fraction of sp³-hybridized carbons (Fsp3) is 0.143. The first-order valence-corrected chi connectivity index (χ1v) is 5.74. The molecule has 0 bridgehead atoms. The third-order valence-electron chi connectivity index (χ3n) is 2.62. The van der Waals surface area contributed by atoms with Crippen LogP contribution in [0.25, 0.3) is 0 Å². The molecular formula is C14H12F3NO2. The number of ether oxygens (including phenoxy) is 1. The van der Waals surface area contributed by atoms with E-state index in [-0.39, 0.29) is 23.8 Å². The van der Waals surface area contributed by atoms with E-state index < -0.39 is 11.7 Å². The lowest BCUT2D eigenvalue weighted by Crippen LogP contribution is -2.08. The van der Waals surface area contributed by atoms with Gasteiger partial charge in [0, 0.05) is 5.69 Å². The summed E-state index contributed by atoms with van der Waals surface area (Å²) in [5.41, 5.74) is 4.99. The smallest absolute Gasteiger partial charge is 0.420 e. The molecule has 0 atom stereocenters. The highest BCUT2D eigenvalue weighted by atomic mass is 19.4. The summed E-state index contributed by atoms with van der Waals surface area (Å²) in [5, 5.41) is 9.00. The second kappa shape index (κ2) is 5.42. The Hall–Kier alpha value is -2.21. The normalized spacial score (nSPS) is 11.4. The van der Waals surface area contributed by atoms with Crippen LogP contribution in [0.2, 0.25) is 0 Å². The maximum absolute atomic E-state index is 12.9. The fourth-order valence-corrected chi connectivity index (χ4v) is 1.69. The zero-order chi connectivity index (χ0) is 14.8. The summed E-state index contributed by atoms with van der Waals surface area (Å²) in [6.07, 6.45) is -4.56. The third kappa shape index (κ3) is 3.21. The molecule has 0 aromatic heterocycles. The molecule has 0 aliphatic rings. The van der Waals surface area contributed by atoms with Gasteiger partial charge in [0.25, 0.3) is 0 Å². The molecule has 2 rings (SSSR count). The average molecular weight is 283 g/mol. The highest BCUT2D eigenvalue weighted by Gasteiger charge is 2.34. The van der Waals surface area contributed by atoms with E-state index >= 15 is 0 Å². The molecule has 3 nitrogen and oxygen atoms in total.